The normalized spacial score (nSPS) is 10.8. The van der Waals surface area contributed by atoms with Crippen LogP contribution in [0.2, 0.25) is 0 Å². The number of aryl methyl sites for hydroxylation is 1. The largest absolute Gasteiger partial charge is 0.264 e. The van der Waals surface area contributed by atoms with E-state index >= 15 is 0 Å². The third kappa shape index (κ3) is 9.95. The SMILES string of the molecule is ClCCCCCCCCCCCCc1cccnc1. The molecule has 0 amide bonds. The quantitative estimate of drug-likeness (QED) is 0.350. The maximum Gasteiger partial charge on any atom is 0.0299 e. The zero-order chi connectivity index (χ0) is 13.6. The van der Waals surface area contributed by atoms with Crippen LogP contribution in [0.4, 0.5) is 0 Å². The molecule has 19 heavy (non-hydrogen) atoms. The highest BCUT2D eigenvalue weighted by atomic mass is 35.5. The fourth-order valence-corrected chi connectivity index (χ4v) is 2.57. The lowest BCUT2D eigenvalue weighted by Gasteiger charge is -2.02. The second kappa shape index (κ2) is 12.5. The number of nitrogens with zero attached hydrogens (tertiary/aromatic N) is 1. The van der Waals surface area contributed by atoms with Crippen molar-refractivity contribution in [3.05, 3.63) is 30.1 Å². The highest BCUT2D eigenvalue weighted by molar-refractivity contribution is 6.17. The Hall–Kier alpha value is -0.560. The van der Waals surface area contributed by atoms with E-state index in [1.165, 1.54) is 76.2 Å². The minimum atomic E-state index is 0.830. The van der Waals surface area contributed by atoms with E-state index < -0.39 is 0 Å². The average molecular weight is 282 g/mol. The molecular weight excluding hydrogens is 254 g/mol. The van der Waals surface area contributed by atoms with Crippen LogP contribution in [0.3, 0.4) is 0 Å². The Kier molecular flexibility index (Phi) is 10.8. The summed E-state index contributed by atoms with van der Waals surface area (Å²) in [4.78, 5) is 4.15. The Morgan fingerprint density at radius 3 is 1.89 bits per heavy atom. The number of rotatable bonds is 12. The second-order valence-electron chi connectivity index (χ2n) is 5.34. The van der Waals surface area contributed by atoms with Gasteiger partial charge < -0.3 is 0 Å². The van der Waals surface area contributed by atoms with Crippen LogP contribution in [-0.4, -0.2) is 10.9 Å². The first-order chi connectivity index (χ1) is 9.43. The third-order valence-corrected chi connectivity index (χ3v) is 3.84. The third-order valence-electron chi connectivity index (χ3n) is 3.57. The van der Waals surface area contributed by atoms with Gasteiger partial charge in [0.05, 0.1) is 0 Å². The first kappa shape index (κ1) is 16.5. The van der Waals surface area contributed by atoms with Gasteiger partial charge in [-0.3, -0.25) is 4.98 Å². The highest BCUT2D eigenvalue weighted by Crippen LogP contribution is 2.12. The summed E-state index contributed by atoms with van der Waals surface area (Å²) in [5, 5.41) is 0. The van der Waals surface area contributed by atoms with Gasteiger partial charge in [0.1, 0.15) is 0 Å². The van der Waals surface area contributed by atoms with Gasteiger partial charge in [-0.05, 0) is 30.9 Å². The van der Waals surface area contributed by atoms with Crippen molar-refractivity contribution in [3.63, 3.8) is 0 Å². The zero-order valence-electron chi connectivity index (χ0n) is 12.1. The van der Waals surface area contributed by atoms with Gasteiger partial charge in [0, 0.05) is 18.3 Å². The molecule has 1 aromatic heterocycles. The molecule has 0 saturated carbocycles. The Bertz CT molecular complexity index is 287. The van der Waals surface area contributed by atoms with E-state index in [1.54, 1.807) is 0 Å². The van der Waals surface area contributed by atoms with E-state index in [4.69, 9.17) is 11.6 Å². The van der Waals surface area contributed by atoms with E-state index in [0.29, 0.717) is 0 Å². The summed E-state index contributed by atoms with van der Waals surface area (Å²) < 4.78 is 0. The van der Waals surface area contributed by atoms with Crippen LogP contribution < -0.4 is 0 Å². The number of hydrogen-bond donors (Lipinski definition) is 0. The van der Waals surface area contributed by atoms with Gasteiger partial charge in [-0.2, -0.15) is 0 Å². The Morgan fingerprint density at radius 1 is 0.789 bits per heavy atom. The fraction of sp³-hybridized carbons (Fsp3) is 0.706. The minimum Gasteiger partial charge on any atom is -0.264 e. The van der Waals surface area contributed by atoms with E-state index in [0.717, 1.165) is 5.88 Å². The lowest BCUT2D eigenvalue weighted by molar-refractivity contribution is 0.556. The number of hydrogen-bond acceptors (Lipinski definition) is 1. The van der Waals surface area contributed by atoms with Crippen molar-refractivity contribution in [2.24, 2.45) is 0 Å². The van der Waals surface area contributed by atoms with Crippen LogP contribution in [0, 0.1) is 0 Å². The molecule has 0 radical (unpaired) electrons. The highest BCUT2D eigenvalue weighted by Gasteiger charge is 1.94. The van der Waals surface area contributed by atoms with Gasteiger partial charge >= 0.3 is 0 Å². The molecule has 0 atom stereocenters. The standard InChI is InChI=1S/C17H28ClN/c18-14-10-8-6-4-2-1-3-5-7-9-12-17-13-11-15-19-16-17/h11,13,15-16H,1-10,12,14H2. The molecule has 0 aliphatic heterocycles. The van der Waals surface area contributed by atoms with Crippen molar-refractivity contribution in [1.29, 1.82) is 0 Å². The van der Waals surface area contributed by atoms with Crippen LogP contribution >= 0.6 is 11.6 Å². The molecule has 0 bridgehead atoms. The average Bonchev–Trinajstić information content (AvgIpc) is 2.46. The summed E-state index contributed by atoms with van der Waals surface area (Å²) in [6.45, 7) is 0. The van der Waals surface area contributed by atoms with Crippen LogP contribution in [0.15, 0.2) is 24.5 Å². The van der Waals surface area contributed by atoms with Crippen molar-refractivity contribution >= 4 is 11.6 Å². The lowest BCUT2D eigenvalue weighted by Crippen LogP contribution is -1.87. The molecule has 1 nitrogen and oxygen atoms in total. The number of unbranched alkanes of at least 4 members (excludes halogenated alkanes) is 9. The van der Waals surface area contributed by atoms with E-state index in [9.17, 15) is 0 Å². The Balaban J connectivity index is 1.79. The molecular formula is C17H28ClN. The van der Waals surface area contributed by atoms with Crippen molar-refractivity contribution in [3.8, 4) is 0 Å². The molecule has 0 aliphatic rings. The van der Waals surface area contributed by atoms with Crippen LogP contribution in [-0.2, 0) is 6.42 Å². The maximum absolute atomic E-state index is 5.65. The molecule has 0 unspecified atom stereocenters. The summed E-state index contributed by atoms with van der Waals surface area (Å²) in [7, 11) is 0. The molecule has 0 spiro atoms. The molecule has 1 heterocycles. The van der Waals surface area contributed by atoms with Crippen LogP contribution in [0.1, 0.15) is 69.8 Å². The van der Waals surface area contributed by atoms with E-state index in [2.05, 4.69) is 11.1 Å². The molecule has 0 aliphatic carbocycles. The van der Waals surface area contributed by atoms with E-state index in [-0.39, 0.29) is 0 Å². The summed E-state index contributed by atoms with van der Waals surface area (Å²) in [5.74, 6) is 0.830. The van der Waals surface area contributed by atoms with Crippen molar-refractivity contribution in [1.82, 2.24) is 4.98 Å². The number of alkyl halides is 1. The molecule has 0 N–H and O–H groups in total. The molecule has 0 fully saturated rings. The van der Waals surface area contributed by atoms with E-state index in [1.807, 2.05) is 18.5 Å². The van der Waals surface area contributed by atoms with Gasteiger partial charge in [-0.15, -0.1) is 11.6 Å². The fourth-order valence-electron chi connectivity index (χ4n) is 2.38. The van der Waals surface area contributed by atoms with Crippen molar-refractivity contribution in [2.75, 3.05) is 5.88 Å². The summed E-state index contributed by atoms with van der Waals surface area (Å²) in [6.07, 6.45) is 18.6. The summed E-state index contributed by atoms with van der Waals surface area (Å²) in [5.41, 5.74) is 1.38. The molecule has 108 valence electrons. The zero-order valence-corrected chi connectivity index (χ0v) is 12.9. The van der Waals surface area contributed by atoms with Gasteiger partial charge in [0.15, 0.2) is 0 Å². The first-order valence-corrected chi connectivity index (χ1v) is 8.42. The predicted octanol–water partition coefficient (Wildman–Crippen LogP) is 5.76. The van der Waals surface area contributed by atoms with Gasteiger partial charge in [0.2, 0.25) is 0 Å². The Morgan fingerprint density at radius 2 is 1.37 bits per heavy atom. The monoisotopic (exact) mass is 281 g/mol. The van der Waals surface area contributed by atoms with Gasteiger partial charge in [-0.1, -0.05) is 57.4 Å². The maximum atomic E-state index is 5.65. The summed E-state index contributed by atoms with van der Waals surface area (Å²) in [6, 6.07) is 4.20. The van der Waals surface area contributed by atoms with Crippen LogP contribution in [0.25, 0.3) is 0 Å². The second-order valence-corrected chi connectivity index (χ2v) is 5.71. The Labute approximate surface area is 123 Å². The minimum absolute atomic E-state index is 0.830. The van der Waals surface area contributed by atoms with Crippen molar-refractivity contribution < 1.29 is 0 Å². The number of halogens is 1. The summed E-state index contributed by atoms with van der Waals surface area (Å²) >= 11 is 5.65. The van der Waals surface area contributed by atoms with Crippen molar-refractivity contribution in [2.45, 2.75) is 70.6 Å². The first-order valence-electron chi connectivity index (χ1n) is 7.88. The smallest absolute Gasteiger partial charge is 0.0299 e. The van der Waals surface area contributed by atoms with Gasteiger partial charge in [-0.25, -0.2) is 0 Å². The molecule has 1 rings (SSSR count). The lowest BCUT2D eigenvalue weighted by atomic mass is 10.0. The molecule has 1 aromatic rings. The van der Waals surface area contributed by atoms with Gasteiger partial charge in [0.25, 0.3) is 0 Å². The topological polar surface area (TPSA) is 12.9 Å². The molecule has 2 heteroatoms. The predicted molar refractivity (Wildman–Crippen MR) is 84.8 cm³/mol. The molecule has 0 saturated heterocycles. The number of pyridine rings is 1. The van der Waals surface area contributed by atoms with Crippen LogP contribution in [0.5, 0.6) is 0 Å². The molecule has 0 aromatic carbocycles. The number of aromatic nitrogens is 1.